The minimum absolute atomic E-state index is 0.0174. The third-order valence-corrected chi connectivity index (χ3v) is 5.47. The molecule has 31 heavy (non-hydrogen) atoms. The number of Topliss-reactive ketones (excluding diaryl/α,β-unsaturated/α-hetero) is 1. The summed E-state index contributed by atoms with van der Waals surface area (Å²) in [7, 11) is 1.52. The van der Waals surface area contributed by atoms with Gasteiger partial charge >= 0.3 is 0 Å². The van der Waals surface area contributed by atoms with Gasteiger partial charge in [-0.3, -0.25) is 14.5 Å². The number of amides is 1. The van der Waals surface area contributed by atoms with E-state index in [0.717, 1.165) is 5.56 Å². The number of nitrogens with zero attached hydrogens (tertiary/aromatic N) is 1. The zero-order valence-corrected chi connectivity index (χ0v) is 17.8. The molecule has 3 aromatic carbocycles. The number of ketones is 1. The van der Waals surface area contributed by atoms with Gasteiger partial charge < -0.3 is 9.84 Å². The Balaban J connectivity index is 1.96. The number of aliphatic hydroxyl groups is 1. The fraction of sp³-hybridized carbons (Fsp3) is 0.120. The molecular weight excluding hydrogens is 414 g/mol. The van der Waals surface area contributed by atoms with E-state index in [-0.39, 0.29) is 11.3 Å². The summed E-state index contributed by atoms with van der Waals surface area (Å²) in [5.41, 5.74) is 2.56. The summed E-state index contributed by atoms with van der Waals surface area (Å²) < 4.78 is 5.24. The highest BCUT2D eigenvalue weighted by atomic mass is 35.5. The second-order valence-electron chi connectivity index (χ2n) is 7.30. The number of rotatable bonds is 4. The van der Waals surface area contributed by atoms with E-state index in [9.17, 15) is 14.7 Å². The van der Waals surface area contributed by atoms with Crippen molar-refractivity contribution in [2.24, 2.45) is 0 Å². The van der Waals surface area contributed by atoms with Crippen LogP contribution in [0.1, 0.15) is 22.7 Å². The Morgan fingerprint density at radius 2 is 1.74 bits per heavy atom. The van der Waals surface area contributed by atoms with E-state index >= 15 is 0 Å². The van der Waals surface area contributed by atoms with E-state index < -0.39 is 17.7 Å². The van der Waals surface area contributed by atoms with Crippen LogP contribution in [0.2, 0.25) is 5.02 Å². The highest BCUT2D eigenvalue weighted by molar-refractivity contribution is 6.51. The molecule has 1 fully saturated rings. The average molecular weight is 434 g/mol. The molecule has 0 bridgehead atoms. The molecule has 0 spiro atoms. The Morgan fingerprint density at radius 3 is 2.45 bits per heavy atom. The van der Waals surface area contributed by atoms with Crippen molar-refractivity contribution in [2.45, 2.75) is 13.0 Å². The largest absolute Gasteiger partial charge is 0.507 e. The van der Waals surface area contributed by atoms with Gasteiger partial charge in [-0.25, -0.2) is 0 Å². The van der Waals surface area contributed by atoms with Crippen LogP contribution in [0.3, 0.4) is 0 Å². The van der Waals surface area contributed by atoms with Gasteiger partial charge in [0.05, 0.1) is 18.7 Å². The number of halogens is 1. The van der Waals surface area contributed by atoms with Gasteiger partial charge in [0.1, 0.15) is 11.5 Å². The maximum Gasteiger partial charge on any atom is 0.300 e. The van der Waals surface area contributed by atoms with Crippen LogP contribution in [0, 0.1) is 6.92 Å². The fourth-order valence-corrected chi connectivity index (χ4v) is 3.99. The summed E-state index contributed by atoms with van der Waals surface area (Å²) in [6.07, 6.45) is 0. The van der Waals surface area contributed by atoms with E-state index in [4.69, 9.17) is 16.3 Å². The molecule has 1 aliphatic rings. The maximum atomic E-state index is 13.1. The Labute approximate surface area is 185 Å². The molecule has 1 amide bonds. The predicted molar refractivity (Wildman–Crippen MR) is 120 cm³/mol. The Hall–Kier alpha value is -3.57. The molecule has 0 radical (unpaired) electrons. The normalized spacial score (nSPS) is 17.8. The molecule has 3 aromatic rings. The second kappa shape index (κ2) is 8.28. The molecule has 1 aliphatic heterocycles. The zero-order valence-electron chi connectivity index (χ0n) is 17.0. The van der Waals surface area contributed by atoms with Crippen LogP contribution < -0.4 is 9.64 Å². The zero-order chi connectivity index (χ0) is 22.1. The van der Waals surface area contributed by atoms with E-state index in [0.29, 0.717) is 27.6 Å². The number of aryl methyl sites for hydroxylation is 1. The number of aliphatic hydroxyl groups excluding tert-OH is 1. The van der Waals surface area contributed by atoms with Gasteiger partial charge in [0, 0.05) is 16.3 Å². The number of benzene rings is 3. The summed E-state index contributed by atoms with van der Waals surface area (Å²) in [6, 6.07) is 20.2. The van der Waals surface area contributed by atoms with E-state index in [2.05, 4.69) is 0 Å². The number of anilines is 1. The van der Waals surface area contributed by atoms with Crippen molar-refractivity contribution in [1.82, 2.24) is 0 Å². The molecule has 1 saturated heterocycles. The van der Waals surface area contributed by atoms with Crippen molar-refractivity contribution in [3.8, 4) is 5.75 Å². The quantitative estimate of drug-likeness (QED) is 0.345. The predicted octanol–water partition coefficient (Wildman–Crippen LogP) is 5.28. The number of carbonyl (C=O) groups is 2. The smallest absolute Gasteiger partial charge is 0.300 e. The molecule has 6 heteroatoms. The van der Waals surface area contributed by atoms with Crippen molar-refractivity contribution in [3.05, 3.63) is 100 Å². The standard InChI is InChI=1S/C25H20ClNO4/c1-15-6-3-7-16(12-15)22-21(23(28)17-8-4-11-20(13-17)31-2)24(29)25(30)27(22)19-10-5-9-18(26)14-19/h3-14,22,28H,1-2H3/b23-21+. The third-order valence-electron chi connectivity index (χ3n) is 5.23. The third kappa shape index (κ3) is 3.80. The van der Waals surface area contributed by atoms with Crippen molar-refractivity contribution >= 4 is 34.7 Å². The highest BCUT2D eigenvalue weighted by Gasteiger charge is 2.47. The van der Waals surface area contributed by atoms with Gasteiger partial charge in [0.15, 0.2) is 0 Å². The summed E-state index contributed by atoms with van der Waals surface area (Å²) in [5, 5.41) is 11.6. The molecule has 1 N–H and O–H groups in total. The Kier molecular flexibility index (Phi) is 5.53. The molecule has 0 aliphatic carbocycles. The van der Waals surface area contributed by atoms with Crippen LogP contribution in [0.15, 0.2) is 78.4 Å². The summed E-state index contributed by atoms with van der Waals surface area (Å²) in [5.74, 6) is -1.21. The maximum absolute atomic E-state index is 13.1. The van der Waals surface area contributed by atoms with Gasteiger partial charge in [-0.2, -0.15) is 0 Å². The average Bonchev–Trinajstić information content (AvgIpc) is 3.04. The van der Waals surface area contributed by atoms with Crippen LogP contribution in [-0.4, -0.2) is 23.9 Å². The molecule has 5 nitrogen and oxygen atoms in total. The number of hydrogen-bond acceptors (Lipinski definition) is 4. The molecule has 0 saturated carbocycles. The first-order chi connectivity index (χ1) is 14.9. The lowest BCUT2D eigenvalue weighted by Gasteiger charge is -2.26. The number of ether oxygens (including phenoxy) is 1. The van der Waals surface area contributed by atoms with Gasteiger partial charge in [-0.1, -0.05) is 59.6 Å². The van der Waals surface area contributed by atoms with Crippen LogP contribution in [0.25, 0.3) is 5.76 Å². The first kappa shape index (κ1) is 20.7. The lowest BCUT2D eigenvalue weighted by molar-refractivity contribution is -0.132. The Morgan fingerprint density at radius 1 is 1.00 bits per heavy atom. The summed E-state index contributed by atoms with van der Waals surface area (Å²) in [4.78, 5) is 27.6. The second-order valence-corrected chi connectivity index (χ2v) is 7.73. The van der Waals surface area contributed by atoms with Crippen molar-refractivity contribution in [2.75, 3.05) is 12.0 Å². The van der Waals surface area contributed by atoms with E-state index in [1.54, 1.807) is 48.5 Å². The summed E-state index contributed by atoms with van der Waals surface area (Å²) in [6.45, 7) is 1.93. The SMILES string of the molecule is COc1cccc(/C(O)=C2\C(=O)C(=O)N(c3cccc(Cl)c3)C2c2cccc(C)c2)c1. The number of hydrogen-bond donors (Lipinski definition) is 1. The van der Waals surface area contributed by atoms with Gasteiger partial charge in [0.2, 0.25) is 0 Å². The number of carbonyl (C=O) groups excluding carboxylic acids is 2. The highest BCUT2D eigenvalue weighted by Crippen LogP contribution is 2.42. The van der Waals surface area contributed by atoms with Crippen LogP contribution >= 0.6 is 11.6 Å². The minimum Gasteiger partial charge on any atom is -0.507 e. The molecule has 1 unspecified atom stereocenters. The molecule has 0 aromatic heterocycles. The van der Waals surface area contributed by atoms with Crippen molar-refractivity contribution in [3.63, 3.8) is 0 Å². The molecule has 4 rings (SSSR count). The minimum atomic E-state index is -0.801. The molecular formula is C25H20ClNO4. The van der Waals surface area contributed by atoms with Gasteiger partial charge in [-0.05, 0) is 42.8 Å². The van der Waals surface area contributed by atoms with Crippen LogP contribution in [-0.2, 0) is 9.59 Å². The molecule has 1 heterocycles. The van der Waals surface area contributed by atoms with Crippen molar-refractivity contribution < 1.29 is 19.4 Å². The molecule has 1 atom stereocenters. The van der Waals surface area contributed by atoms with Gasteiger partial charge in [0.25, 0.3) is 11.7 Å². The van der Waals surface area contributed by atoms with E-state index in [1.165, 1.54) is 12.0 Å². The lowest BCUT2D eigenvalue weighted by Crippen LogP contribution is -2.29. The van der Waals surface area contributed by atoms with Crippen molar-refractivity contribution in [1.29, 1.82) is 0 Å². The van der Waals surface area contributed by atoms with Crippen LogP contribution in [0.5, 0.6) is 5.75 Å². The monoisotopic (exact) mass is 433 g/mol. The lowest BCUT2D eigenvalue weighted by atomic mass is 9.94. The van der Waals surface area contributed by atoms with Gasteiger partial charge in [-0.15, -0.1) is 0 Å². The number of methoxy groups -OCH3 is 1. The van der Waals surface area contributed by atoms with E-state index in [1.807, 2.05) is 31.2 Å². The fourth-order valence-electron chi connectivity index (χ4n) is 3.81. The van der Waals surface area contributed by atoms with Crippen LogP contribution in [0.4, 0.5) is 5.69 Å². The first-order valence-electron chi connectivity index (χ1n) is 9.68. The Bertz CT molecular complexity index is 1220. The molecule has 156 valence electrons. The topological polar surface area (TPSA) is 66.8 Å². The first-order valence-corrected chi connectivity index (χ1v) is 10.1. The summed E-state index contributed by atoms with van der Waals surface area (Å²) >= 11 is 6.16.